The second-order valence-electron chi connectivity index (χ2n) is 3.09. The minimum absolute atomic E-state index is 0.0476. The van der Waals surface area contributed by atoms with Crippen LogP contribution in [0.5, 0.6) is 0 Å². The molecule has 0 amide bonds. The second-order valence-corrected chi connectivity index (χ2v) is 5.10. The van der Waals surface area contributed by atoms with Gasteiger partial charge in [-0.25, -0.2) is 13.6 Å². The molecular formula is C8H12N2O2S2. The molecule has 0 spiro atoms. The molecule has 78 valence electrons. The molecule has 0 aliphatic rings. The molecule has 2 N–H and O–H groups in total. The quantitative estimate of drug-likeness (QED) is 0.737. The Labute approximate surface area is 89.2 Å². The van der Waals surface area contributed by atoms with Gasteiger partial charge in [0.05, 0.1) is 4.90 Å². The molecule has 0 saturated carbocycles. The standard InChI is InChI=1S/C8H12N2O2S2/c1-10(2)6-3-4-8(7(13)5-6)14(9,11)12/h3-5,13H,1-2H3,(H2,9,11,12). The molecule has 1 aromatic rings. The van der Waals surface area contributed by atoms with E-state index in [0.29, 0.717) is 4.90 Å². The Hall–Kier alpha value is -0.720. The molecule has 0 bridgehead atoms. The lowest BCUT2D eigenvalue weighted by Crippen LogP contribution is -2.14. The maximum atomic E-state index is 11.1. The summed E-state index contributed by atoms with van der Waals surface area (Å²) in [6.45, 7) is 0. The van der Waals surface area contributed by atoms with Gasteiger partial charge >= 0.3 is 0 Å². The van der Waals surface area contributed by atoms with Crippen LogP contribution < -0.4 is 10.0 Å². The van der Waals surface area contributed by atoms with Crippen LogP contribution in [0.3, 0.4) is 0 Å². The highest BCUT2D eigenvalue weighted by Crippen LogP contribution is 2.23. The molecule has 1 rings (SSSR count). The largest absolute Gasteiger partial charge is 0.378 e. The first-order chi connectivity index (χ1) is 6.32. The van der Waals surface area contributed by atoms with Gasteiger partial charge in [-0.3, -0.25) is 0 Å². The number of nitrogens with two attached hydrogens (primary N) is 1. The van der Waals surface area contributed by atoms with Crippen LogP contribution in [0.1, 0.15) is 0 Å². The van der Waals surface area contributed by atoms with Gasteiger partial charge in [-0.2, -0.15) is 0 Å². The smallest absolute Gasteiger partial charge is 0.239 e. The Morgan fingerprint density at radius 2 is 1.93 bits per heavy atom. The van der Waals surface area contributed by atoms with Crippen LogP contribution in [-0.2, 0) is 10.0 Å². The first-order valence-electron chi connectivity index (χ1n) is 3.85. The zero-order chi connectivity index (χ0) is 10.9. The first-order valence-corrected chi connectivity index (χ1v) is 5.85. The van der Waals surface area contributed by atoms with Gasteiger partial charge in [0.2, 0.25) is 10.0 Å². The number of thiol groups is 1. The van der Waals surface area contributed by atoms with Crippen LogP contribution in [0.15, 0.2) is 28.0 Å². The van der Waals surface area contributed by atoms with E-state index in [1.807, 2.05) is 19.0 Å². The third-order valence-corrected chi connectivity index (χ3v) is 3.26. The highest BCUT2D eigenvalue weighted by molar-refractivity contribution is 7.90. The summed E-state index contributed by atoms with van der Waals surface area (Å²) in [4.78, 5) is 2.26. The van der Waals surface area contributed by atoms with Gasteiger partial charge in [0.15, 0.2) is 0 Å². The van der Waals surface area contributed by atoms with E-state index in [-0.39, 0.29) is 4.90 Å². The van der Waals surface area contributed by atoms with Crippen LogP contribution in [0, 0.1) is 0 Å². The Morgan fingerprint density at radius 1 is 1.36 bits per heavy atom. The van der Waals surface area contributed by atoms with Crippen molar-refractivity contribution in [2.24, 2.45) is 5.14 Å². The Morgan fingerprint density at radius 3 is 2.29 bits per heavy atom. The summed E-state index contributed by atoms with van der Waals surface area (Å²) in [5, 5.41) is 4.99. The van der Waals surface area contributed by atoms with E-state index in [4.69, 9.17) is 5.14 Å². The SMILES string of the molecule is CN(C)c1ccc(S(N)(=O)=O)c(S)c1. The van der Waals surface area contributed by atoms with Crippen molar-refractivity contribution in [2.75, 3.05) is 19.0 Å². The van der Waals surface area contributed by atoms with E-state index in [1.54, 1.807) is 12.1 Å². The lowest BCUT2D eigenvalue weighted by Gasteiger charge is -2.13. The summed E-state index contributed by atoms with van der Waals surface area (Å²) >= 11 is 4.07. The van der Waals surface area contributed by atoms with Crippen molar-refractivity contribution < 1.29 is 8.42 Å². The van der Waals surface area contributed by atoms with Crippen LogP contribution in [0.25, 0.3) is 0 Å². The summed E-state index contributed by atoms with van der Waals surface area (Å²) in [5.74, 6) is 0. The number of rotatable bonds is 2. The third-order valence-electron chi connectivity index (χ3n) is 1.77. The van der Waals surface area contributed by atoms with E-state index in [2.05, 4.69) is 12.6 Å². The molecule has 0 saturated heterocycles. The minimum atomic E-state index is -3.67. The van der Waals surface area contributed by atoms with Gasteiger partial charge < -0.3 is 4.90 Å². The fourth-order valence-electron chi connectivity index (χ4n) is 1.02. The summed E-state index contributed by atoms with van der Waals surface area (Å²) < 4.78 is 22.1. The minimum Gasteiger partial charge on any atom is -0.378 e. The van der Waals surface area contributed by atoms with E-state index < -0.39 is 10.0 Å². The zero-order valence-electron chi connectivity index (χ0n) is 7.93. The van der Waals surface area contributed by atoms with Crippen LogP contribution in [0.4, 0.5) is 5.69 Å². The first kappa shape index (κ1) is 11.4. The van der Waals surface area contributed by atoms with Gasteiger partial charge in [-0.1, -0.05) is 0 Å². The van der Waals surface area contributed by atoms with Gasteiger partial charge in [-0.05, 0) is 18.2 Å². The monoisotopic (exact) mass is 232 g/mol. The number of nitrogens with zero attached hydrogens (tertiary/aromatic N) is 1. The van der Waals surface area contributed by atoms with Crippen molar-refractivity contribution in [1.29, 1.82) is 0 Å². The maximum absolute atomic E-state index is 11.1. The Kier molecular flexibility index (Phi) is 3.08. The van der Waals surface area contributed by atoms with Crippen molar-refractivity contribution in [3.8, 4) is 0 Å². The number of hydrogen-bond donors (Lipinski definition) is 2. The third kappa shape index (κ3) is 2.40. The molecule has 0 aromatic heterocycles. The van der Waals surface area contributed by atoms with Crippen LogP contribution in [-0.4, -0.2) is 22.5 Å². The number of anilines is 1. The van der Waals surface area contributed by atoms with Crippen molar-refractivity contribution in [3.05, 3.63) is 18.2 Å². The van der Waals surface area contributed by atoms with Crippen molar-refractivity contribution in [3.63, 3.8) is 0 Å². The fourth-order valence-corrected chi connectivity index (χ4v) is 2.22. The van der Waals surface area contributed by atoms with Crippen molar-refractivity contribution in [2.45, 2.75) is 9.79 Å². The lowest BCUT2D eigenvalue weighted by atomic mass is 10.3. The van der Waals surface area contributed by atoms with Gasteiger partial charge in [-0.15, -0.1) is 12.6 Å². The molecule has 0 fully saturated rings. The van der Waals surface area contributed by atoms with E-state index in [0.717, 1.165) is 5.69 Å². The molecule has 14 heavy (non-hydrogen) atoms. The normalized spacial score (nSPS) is 11.4. The average molecular weight is 232 g/mol. The maximum Gasteiger partial charge on any atom is 0.239 e. The lowest BCUT2D eigenvalue weighted by molar-refractivity contribution is 0.596. The molecule has 6 heteroatoms. The topological polar surface area (TPSA) is 63.4 Å². The number of sulfonamides is 1. The Bertz CT molecular complexity index is 441. The summed E-state index contributed by atoms with van der Waals surface area (Å²) in [6, 6.07) is 4.79. The Balaban J connectivity index is 3.28. The second kappa shape index (κ2) is 3.80. The summed E-state index contributed by atoms with van der Waals surface area (Å²) in [5.41, 5.74) is 0.877. The van der Waals surface area contributed by atoms with Crippen LogP contribution >= 0.6 is 12.6 Å². The molecule has 0 aliphatic heterocycles. The van der Waals surface area contributed by atoms with Crippen molar-refractivity contribution >= 4 is 28.3 Å². The summed E-state index contributed by atoms with van der Waals surface area (Å²) in [6.07, 6.45) is 0. The van der Waals surface area contributed by atoms with Gasteiger partial charge in [0, 0.05) is 24.7 Å². The molecule has 0 heterocycles. The highest BCUT2D eigenvalue weighted by Gasteiger charge is 2.12. The van der Waals surface area contributed by atoms with E-state index in [1.165, 1.54) is 6.07 Å². The van der Waals surface area contributed by atoms with Crippen LogP contribution in [0.2, 0.25) is 0 Å². The molecule has 0 atom stereocenters. The summed E-state index contributed by atoms with van der Waals surface area (Å²) in [7, 11) is 0.0497. The molecular weight excluding hydrogens is 220 g/mol. The molecule has 0 unspecified atom stereocenters. The van der Waals surface area contributed by atoms with Crippen molar-refractivity contribution in [1.82, 2.24) is 0 Å². The fraction of sp³-hybridized carbons (Fsp3) is 0.250. The highest BCUT2D eigenvalue weighted by atomic mass is 32.2. The van der Waals surface area contributed by atoms with Gasteiger partial charge in [0.25, 0.3) is 0 Å². The number of benzene rings is 1. The van der Waals surface area contributed by atoms with E-state index in [9.17, 15) is 8.42 Å². The molecule has 1 aromatic carbocycles. The molecule has 0 radical (unpaired) electrons. The number of primary sulfonamides is 1. The number of hydrogen-bond acceptors (Lipinski definition) is 4. The van der Waals surface area contributed by atoms with Gasteiger partial charge in [0.1, 0.15) is 0 Å². The predicted octanol–water partition coefficient (Wildman–Crippen LogP) is 0.689. The molecule has 4 nitrogen and oxygen atoms in total. The predicted molar refractivity (Wildman–Crippen MR) is 59.4 cm³/mol. The zero-order valence-corrected chi connectivity index (χ0v) is 9.64. The molecule has 0 aliphatic carbocycles. The van der Waals surface area contributed by atoms with E-state index >= 15 is 0 Å². The average Bonchev–Trinajstić information content (AvgIpc) is 2.01.